The molecule has 0 bridgehead atoms. The number of rotatable bonds is 4. The average Bonchev–Trinajstić information content (AvgIpc) is 2.41. The predicted molar refractivity (Wildman–Crippen MR) is 87.6 cm³/mol. The minimum absolute atomic E-state index is 0.0893. The molecule has 0 aliphatic heterocycles. The van der Waals surface area contributed by atoms with Gasteiger partial charge in [0.15, 0.2) is 0 Å². The van der Waals surface area contributed by atoms with Gasteiger partial charge in [-0.25, -0.2) is 0 Å². The summed E-state index contributed by atoms with van der Waals surface area (Å²) < 4.78 is 0.920. The van der Waals surface area contributed by atoms with Crippen LogP contribution in [0.5, 0.6) is 0 Å². The summed E-state index contributed by atoms with van der Waals surface area (Å²) in [5, 5.41) is 11.7. The van der Waals surface area contributed by atoms with Crippen LogP contribution in [0, 0.1) is 10.1 Å². The number of para-hydroxylation sites is 1. The molecule has 0 spiro atoms. The van der Waals surface area contributed by atoms with E-state index < -0.39 is 0 Å². The maximum absolute atomic E-state index is 11.0. The van der Waals surface area contributed by atoms with Gasteiger partial charge in [-0.15, -0.1) is 0 Å². The first-order chi connectivity index (χ1) is 9.49. The minimum atomic E-state index is -0.364. The molecule has 104 valence electrons. The van der Waals surface area contributed by atoms with Crippen molar-refractivity contribution >= 4 is 49.1 Å². The van der Waals surface area contributed by atoms with Crippen LogP contribution >= 0.6 is 43.5 Å². The molecule has 2 aromatic rings. The summed E-state index contributed by atoms with van der Waals surface area (Å²) in [6.07, 6.45) is 0.493. The summed E-state index contributed by atoms with van der Waals surface area (Å²) in [6.45, 7) is 0. The molecule has 0 saturated carbocycles. The lowest BCUT2D eigenvalue weighted by atomic mass is 10.0. The third kappa shape index (κ3) is 3.59. The number of hydrogen-bond donors (Lipinski definition) is 0. The zero-order chi connectivity index (χ0) is 14.7. The standard InChI is InChI=1S/C14H10Br2ClNO2/c15-10-5-6-13(17)11(8-10)12(16)7-9-3-1-2-4-14(9)18(19)20/h1-6,8,12H,7H2. The SMILES string of the molecule is O=[N+]([O-])c1ccccc1CC(Br)c1cc(Br)ccc1Cl. The number of benzene rings is 2. The van der Waals surface area contributed by atoms with Crippen LogP contribution in [0.1, 0.15) is 16.0 Å². The van der Waals surface area contributed by atoms with Gasteiger partial charge < -0.3 is 0 Å². The molecular formula is C14H10Br2ClNO2. The van der Waals surface area contributed by atoms with Crippen LogP contribution in [0.25, 0.3) is 0 Å². The van der Waals surface area contributed by atoms with Gasteiger partial charge in [0, 0.05) is 26.0 Å². The van der Waals surface area contributed by atoms with E-state index in [9.17, 15) is 10.1 Å². The van der Waals surface area contributed by atoms with Gasteiger partial charge in [-0.1, -0.05) is 61.7 Å². The van der Waals surface area contributed by atoms with Crippen molar-refractivity contribution in [1.29, 1.82) is 0 Å². The van der Waals surface area contributed by atoms with Gasteiger partial charge in [-0.05, 0) is 30.2 Å². The molecule has 6 heteroatoms. The Balaban J connectivity index is 2.30. The Bertz CT molecular complexity index is 649. The van der Waals surface area contributed by atoms with E-state index in [1.807, 2.05) is 12.1 Å². The second-order valence-electron chi connectivity index (χ2n) is 4.22. The highest BCUT2D eigenvalue weighted by Crippen LogP contribution is 2.35. The summed E-state index contributed by atoms with van der Waals surface area (Å²) in [4.78, 5) is 10.6. The number of nitrogens with zero attached hydrogens (tertiary/aromatic N) is 1. The molecule has 2 rings (SSSR count). The smallest absolute Gasteiger partial charge is 0.258 e. The molecule has 1 unspecified atom stereocenters. The molecule has 0 N–H and O–H groups in total. The molecule has 0 radical (unpaired) electrons. The van der Waals surface area contributed by atoms with E-state index in [2.05, 4.69) is 31.9 Å². The monoisotopic (exact) mass is 417 g/mol. The van der Waals surface area contributed by atoms with Crippen LogP contribution in [0.3, 0.4) is 0 Å². The molecule has 2 aromatic carbocycles. The van der Waals surface area contributed by atoms with Crippen LogP contribution in [0.4, 0.5) is 5.69 Å². The highest BCUT2D eigenvalue weighted by Gasteiger charge is 2.18. The molecule has 20 heavy (non-hydrogen) atoms. The molecule has 0 aliphatic rings. The third-order valence-corrected chi connectivity index (χ3v) is 4.54. The van der Waals surface area contributed by atoms with Crippen molar-refractivity contribution in [2.45, 2.75) is 11.2 Å². The van der Waals surface area contributed by atoms with E-state index in [4.69, 9.17) is 11.6 Å². The second-order valence-corrected chi connectivity index (χ2v) is 6.65. The van der Waals surface area contributed by atoms with Crippen molar-refractivity contribution in [1.82, 2.24) is 0 Å². The summed E-state index contributed by atoms with van der Waals surface area (Å²) in [7, 11) is 0. The Morgan fingerprint density at radius 1 is 1.25 bits per heavy atom. The minimum Gasteiger partial charge on any atom is -0.258 e. The molecule has 0 amide bonds. The predicted octanol–water partition coefficient (Wildman–Crippen LogP) is 5.69. The van der Waals surface area contributed by atoms with Crippen molar-refractivity contribution < 1.29 is 4.92 Å². The van der Waals surface area contributed by atoms with Gasteiger partial charge in [0.25, 0.3) is 5.69 Å². The Kier molecular flexibility index (Phi) is 5.18. The van der Waals surface area contributed by atoms with Gasteiger partial charge in [0.1, 0.15) is 0 Å². The van der Waals surface area contributed by atoms with Crippen LogP contribution < -0.4 is 0 Å². The number of hydrogen-bond acceptors (Lipinski definition) is 2. The molecule has 0 aliphatic carbocycles. The summed E-state index contributed by atoms with van der Waals surface area (Å²) in [6, 6.07) is 12.3. The normalized spacial score (nSPS) is 12.2. The Hall–Kier alpha value is -0.910. The fraction of sp³-hybridized carbons (Fsp3) is 0.143. The van der Waals surface area contributed by atoms with Crippen LogP contribution in [-0.2, 0) is 6.42 Å². The highest BCUT2D eigenvalue weighted by molar-refractivity contribution is 9.10. The number of nitro benzene ring substituents is 1. The zero-order valence-corrected chi connectivity index (χ0v) is 14.2. The molecular weight excluding hydrogens is 409 g/mol. The Morgan fingerprint density at radius 3 is 2.65 bits per heavy atom. The van der Waals surface area contributed by atoms with E-state index in [1.54, 1.807) is 24.3 Å². The van der Waals surface area contributed by atoms with Crippen molar-refractivity contribution in [3.8, 4) is 0 Å². The van der Waals surface area contributed by atoms with E-state index in [-0.39, 0.29) is 15.4 Å². The quantitative estimate of drug-likeness (QED) is 0.363. The average molecular weight is 420 g/mol. The molecule has 0 fully saturated rings. The van der Waals surface area contributed by atoms with Gasteiger partial charge in [-0.2, -0.15) is 0 Å². The van der Waals surface area contributed by atoms with Gasteiger partial charge >= 0.3 is 0 Å². The fourth-order valence-corrected chi connectivity index (χ4v) is 3.41. The molecule has 3 nitrogen and oxygen atoms in total. The third-order valence-electron chi connectivity index (χ3n) is 2.88. The molecule has 1 atom stereocenters. The first-order valence-electron chi connectivity index (χ1n) is 5.80. The van der Waals surface area contributed by atoms with E-state index >= 15 is 0 Å². The topological polar surface area (TPSA) is 43.1 Å². The maximum atomic E-state index is 11.0. The van der Waals surface area contributed by atoms with Crippen molar-refractivity contribution in [2.75, 3.05) is 0 Å². The van der Waals surface area contributed by atoms with Crippen molar-refractivity contribution in [3.05, 3.63) is 73.2 Å². The van der Waals surface area contributed by atoms with Crippen molar-refractivity contribution in [3.63, 3.8) is 0 Å². The lowest BCUT2D eigenvalue weighted by molar-refractivity contribution is -0.385. The van der Waals surface area contributed by atoms with Crippen LogP contribution in [0.2, 0.25) is 5.02 Å². The summed E-state index contributed by atoms with van der Waals surface area (Å²) >= 11 is 13.1. The maximum Gasteiger partial charge on any atom is 0.272 e. The highest BCUT2D eigenvalue weighted by atomic mass is 79.9. The molecule has 0 saturated heterocycles. The summed E-state index contributed by atoms with van der Waals surface area (Å²) in [5.74, 6) is 0. The lowest BCUT2D eigenvalue weighted by Crippen LogP contribution is -2.00. The van der Waals surface area contributed by atoms with Crippen LogP contribution in [-0.4, -0.2) is 4.92 Å². The largest absolute Gasteiger partial charge is 0.272 e. The van der Waals surface area contributed by atoms with Gasteiger partial charge in [-0.3, -0.25) is 10.1 Å². The molecule has 0 heterocycles. The number of alkyl halides is 1. The second kappa shape index (κ2) is 6.70. The zero-order valence-electron chi connectivity index (χ0n) is 10.2. The summed E-state index contributed by atoms with van der Waals surface area (Å²) in [5.41, 5.74) is 1.71. The molecule has 0 aromatic heterocycles. The van der Waals surface area contributed by atoms with Gasteiger partial charge in [0.05, 0.1) is 4.92 Å². The fourth-order valence-electron chi connectivity index (χ4n) is 1.92. The van der Waals surface area contributed by atoms with Crippen LogP contribution in [0.15, 0.2) is 46.9 Å². The first-order valence-corrected chi connectivity index (χ1v) is 7.89. The Labute approximate surface area is 138 Å². The van der Waals surface area contributed by atoms with E-state index in [0.717, 1.165) is 10.0 Å². The number of halogens is 3. The first kappa shape index (κ1) is 15.5. The van der Waals surface area contributed by atoms with E-state index in [0.29, 0.717) is 17.0 Å². The Morgan fingerprint density at radius 2 is 1.95 bits per heavy atom. The number of nitro groups is 1. The lowest BCUT2D eigenvalue weighted by Gasteiger charge is -2.13. The van der Waals surface area contributed by atoms with E-state index in [1.165, 1.54) is 6.07 Å². The van der Waals surface area contributed by atoms with Gasteiger partial charge in [0.2, 0.25) is 0 Å². The van der Waals surface area contributed by atoms with Crippen molar-refractivity contribution in [2.24, 2.45) is 0 Å².